The highest BCUT2D eigenvalue weighted by molar-refractivity contribution is 5.86. The van der Waals surface area contributed by atoms with Crippen molar-refractivity contribution in [3.63, 3.8) is 0 Å². The lowest BCUT2D eigenvalue weighted by Crippen LogP contribution is -2.59. The Labute approximate surface area is 122 Å². The molecule has 0 aromatic carbocycles. The number of nitrogens with zero attached hydrogens (tertiary/aromatic N) is 1. The number of aryl methyl sites for hydroxylation is 1. The van der Waals surface area contributed by atoms with Crippen LogP contribution in [0.15, 0.2) is 16.7 Å². The number of rotatable bonds is 4. The van der Waals surface area contributed by atoms with Crippen LogP contribution < -0.4 is 5.32 Å². The van der Waals surface area contributed by atoms with Crippen LogP contribution >= 0.6 is 0 Å². The van der Waals surface area contributed by atoms with E-state index in [1.165, 1.54) is 4.90 Å². The zero-order chi connectivity index (χ0) is 15.5. The number of carboxylic acids is 1. The number of aliphatic carboxylic acids is 1. The first-order chi connectivity index (χ1) is 9.94. The number of carbonyl (C=O) groups is 2. The van der Waals surface area contributed by atoms with E-state index in [0.717, 1.165) is 11.3 Å². The molecule has 2 rings (SSSR count). The molecule has 21 heavy (non-hydrogen) atoms. The smallest absolute Gasteiger partial charge is 0.329 e. The van der Waals surface area contributed by atoms with Gasteiger partial charge in [-0.1, -0.05) is 0 Å². The summed E-state index contributed by atoms with van der Waals surface area (Å²) in [5.74, 6) is -0.277. The molecule has 0 saturated carbocycles. The fraction of sp³-hybridized carbons (Fsp3) is 0.571. The Morgan fingerprint density at radius 2 is 2.10 bits per heavy atom. The van der Waals surface area contributed by atoms with E-state index in [0.29, 0.717) is 19.8 Å². The zero-order valence-corrected chi connectivity index (χ0v) is 12.2. The molecule has 0 aliphatic carbocycles. The quantitative estimate of drug-likeness (QED) is 0.875. The van der Waals surface area contributed by atoms with Crippen molar-refractivity contribution < 1.29 is 23.8 Å². The third-order valence-electron chi connectivity index (χ3n) is 3.82. The van der Waals surface area contributed by atoms with E-state index in [-0.39, 0.29) is 12.8 Å². The Hall–Kier alpha value is -2.02. The molecule has 0 atom stereocenters. The van der Waals surface area contributed by atoms with E-state index in [1.807, 2.05) is 6.92 Å². The molecule has 0 spiro atoms. The molecule has 7 heteroatoms. The van der Waals surface area contributed by atoms with Gasteiger partial charge in [0.05, 0.1) is 12.8 Å². The van der Waals surface area contributed by atoms with Gasteiger partial charge in [0.25, 0.3) is 0 Å². The number of hydrogen-bond acceptors (Lipinski definition) is 4. The second-order valence-corrected chi connectivity index (χ2v) is 5.29. The summed E-state index contributed by atoms with van der Waals surface area (Å²) in [7, 11) is 1.62. The van der Waals surface area contributed by atoms with Crippen molar-refractivity contribution in [1.29, 1.82) is 0 Å². The Morgan fingerprint density at radius 1 is 1.43 bits per heavy atom. The monoisotopic (exact) mass is 296 g/mol. The minimum atomic E-state index is -1.24. The Balaban J connectivity index is 2.01. The molecular weight excluding hydrogens is 276 g/mol. The predicted molar refractivity (Wildman–Crippen MR) is 73.9 cm³/mol. The van der Waals surface area contributed by atoms with Crippen LogP contribution in [0.3, 0.4) is 0 Å². The van der Waals surface area contributed by atoms with E-state index in [1.54, 1.807) is 19.4 Å². The molecule has 1 fully saturated rings. The highest BCUT2D eigenvalue weighted by Crippen LogP contribution is 2.21. The lowest BCUT2D eigenvalue weighted by molar-refractivity contribution is -0.148. The molecule has 2 amide bonds. The first-order valence-corrected chi connectivity index (χ1v) is 6.82. The number of carbonyl (C=O) groups excluding carboxylic acids is 1. The molecule has 0 bridgehead atoms. The van der Waals surface area contributed by atoms with Gasteiger partial charge < -0.3 is 24.5 Å². The molecule has 2 heterocycles. The number of amides is 2. The van der Waals surface area contributed by atoms with E-state index in [2.05, 4.69) is 5.32 Å². The molecule has 0 radical (unpaired) electrons. The number of urea groups is 1. The third kappa shape index (κ3) is 3.36. The van der Waals surface area contributed by atoms with Gasteiger partial charge in [-0.05, 0) is 13.0 Å². The summed E-state index contributed by atoms with van der Waals surface area (Å²) < 4.78 is 10.4. The molecule has 1 aromatic rings. The van der Waals surface area contributed by atoms with Crippen molar-refractivity contribution in [2.24, 2.45) is 0 Å². The minimum Gasteiger partial charge on any atom is -0.480 e. The first kappa shape index (κ1) is 15.4. The van der Waals surface area contributed by atoms with Gasteiger partial charge >= 0.3 is 12.0 Å². The van der Waals surface area contributed by atoms with Gasteiger partial charge in [-0.15, -0.1) is 0 Å². The fourth-order valence-corrected chi connectivity index (χ4v) is 2.31. The lowest BCUT2D eigenvalue weighted by atomic mass is 9.90. The Morgan fingerprint density at radius 3 is 2.62 bits per heavy atom. The standard InChI is InChI=1S/C14H20N2O5/c1-10-11(3-6-21-10)9-16(2)13(19)15-14(12(17)18)4-7-20-8-5-14/h3,6H,4-5,7-9H2,1-2H3,(H,15,19)(H,17,18). The van der Waals surface area contributed by atoms with Gasteiger partial charge in [0, 0.05) is 38.7 Å². The van der Waals surface area contributed by atoms with Crippen molar-refractivity contribution in [1.82, 2.24) is 10.2 Å². The second kappa shape index (κ2) is 6.17. The third-order valence-corrected chi connectivity index (χ3v) is 3.82. The molecule has 1 aliphatic rings. The molecular formula is C14H20N2O5. The molecule has 1 aliphatic heterocycles. The van der Waals surface area contributed by atoms with E-state index >= 15 is 0 Å². The van der Waals surface area contributed by atoms with E-state index < -0.39 is 17.5 Å². The van der Waals surface area contributed by atoms with Crippen molar-refractivity contribution in [2.45, 2.75) is 31.8 Å². The average molecular weight is 296 g/mol. The maximum absolute atomic E-state index is 12.2. The Kier molecular flexibility index (Phi) is 4.52. The maximum Gasteiger partial charge on any atom is 0.329 e. The molecule has 116 valence electrons. The van der Waals surface area contributed by atoms with Gasteiger partial charge in [0.1, 0.15) is 11.3 Å². The van der Waals surface area contributed by atoms with Crippen molar-refractivity contribution in [3.8, 4) is 0 Å². The predicted octanol–water partition coefficient (Wildman–Crippen LogP) is 1.36. The largest absolute Gasteiger partial charge is 0.480 e. The number of carboxylic acid groups (broad SMARTS) is 1. The lowest BCUT2D eigenvalue weighted by Gasteiger charge is -2.35. The number of nitrogens with one attached hydrogen (secondary N) is 1. The highest BCUT2D eigenvalue weighted by atomic mass is 16.5. The van der Waals surface area contributed by atoms with Crippen LogP contribution in [-0.2, 0) is 16.1 Å². The number of furan rings is 1. The summed E-state index contributed by atoms with van der Waals surface area (Å²) >= 11 is 0. The molecule has 7 nitrogen and oxygen atoms in total. The molecule has 2 N–H and O–H groups in total. The van der Waals surface area contributed by atoms with E-state index in [9.17, 15) is 14.7 Å². The maximum atomic E-state index is 12.2. The minimum absolute atomic E-state index is 0.270. The highest BCUT2D eigenvalue weighted by Gasteiger charge is 2.42. The van der Waals surface area contributed by atoms with Crippen LogP contribution in [-0.4, -0.2) is 47.8 Å². The summed E-state index contributed by atoms with van der Waals surface area (Å²) in [6.45, 7) is 2.84. The second-order valence-electron chi connectivity index (χ2n) is 5.29. The van der Waals surface area contributed by atoms with Crippen LogP contribution in [0.4, 0.5) is 4.79 Å². The first-order valence-electron chi connectivity index (χ1n) is 6.82. The summed E-state index contributed by atoms with van der Waals surface area (Å²) in [4.78, 5) is 25.2. The molecule has 0 unspecified atom stereocenters. The summed E-state index contributed by atoms with van der Waals surface area (Å²) in [6, 6.07) is 1.38. The Bertz CT molecular complexity index is 519. The molecule has 1 saturated heterocycles. The SMILES string of the molecule is Cc1occc1CN(C)C(=O)NC1(C(=O)O)CCOCC1. The van der Waals surface area contributed by atoms with Gasteiger partial charge in [0.15, 0.2) is 0 Å². The van der Waals surface area contributed by atoms with Gasteiger partial charge in [-0.2, -0.15) is 0 Å². The fourth-order valence-electron chi connectivity index (χ4n) is 2.31. The normalized spacial score (nSPS) is 17.2. The average Bonchev–Trinajstić information content (AvgIpc) is 2.85. The topological polar surface area (TPSA) is 92.0 Å². The molecule has 1 aromatic heterocycles. The van der Waals surface area contributed by atoms with Crippen LogP contribution in [0.2, 0.25) is 0 Å². The van der Waals surface area contributed by atoms with Crippen LogP contribution in [0.1, 0.15) is 24.2 Å². The zero-order valence-electron chi connectivity index (χ0n) is 12.2. The summed E-state index contributed by atoms with van der Waals surface area (Å²) in [5.41, 5.74) is -0.348. The summed E-state index contributed by atoms with van der Waals surface area (Å²) in [5, 5.41) is 12.1. The van der Waals surface area contributed by atoms with Crippen LogP contribution in [0.25, 0.3) is 0 Å². The number of ether oxygens (including phenoxy) is 1. The van der Waals surface area contributed by atoms with Crippen molar-refractivity contribution >= 4 is 12.0 Å². The van der Waals surface area contributed by atoms with Gasteiger partial charge in [0.2, 0.25) is 0 Å². The van der Waals surface area contributed by atoms with Gasteiger partial charge in [-0.3, -0.25) is 0 Å². The van der Waals surface area contributed by atoms with Crippen molar-refractivity contribution in [2.75, 3.05) is 20.3 Å². The number of hydrogen-bond donors (Lipinski definition) is 2. The van der Waals surface area contributed by atoms with E-state index in [4.69, 9.17) is 9.15 Å². The van der Waals surface area contributed by atoms with Crippen LogP contribution in [0, 0.1) is 6.92 Å². The summed E-state index contributed by atoms with van der Waals surface area (Å²) in [6.07, 6.45) is 2.10. The van der Waals surface area contributed by atoms with Crippen molar-refractivity contribution in [3.05, 3.63) is 23.7 Å². The van der Waals surface area contributed by atoms with Crippen LogP contribution in [0.5, 0.6) is 0 Å². The van der Waals surface area contributed by atoms with Gasteiger partial charge in [-0.25, -0.2) is 9.59 Å².